The first-order valence-corrected chi connectivity index (χ1v) is 27.4. The van der Waals surface area contributed by atoms with Crippen LogP contribution in [0.25, 0.3) is 0 Å². The van der Waals surface area contributed by atoms with Gasteiger partial charge in [-0.3, -0.25) is 0 Å². The molecule has 5 saturated heterocycles. The lowest BCUT2D eigenvalue weighted by Crippen LogP contribution is -2.67. The van der Waals surface area contributed by atoms with Crippen LogP contribution in [0, 0.1) is 52.3 Å². The second-order valence-electron chi connectivity index (χ2n) is 24.3. The van der Waals surface area contributed by atoms with E-state index in [4.69, 9.17) is 42.6 Å². The van der Waals surface area contributed by atoms with Crippen LogP contribution in [0.1, 0.15) is 91.9 Å². The zero-order valence-electron chi connectivity index (χ0n) is 43.2. The van der Waals surface area contributed by atoms with Gasteiger partial charge in [0, 0.05) is 12.3 Å². The van der Waals surface area contributed by atoms with Crippen molar-refractivity contribution in [1.29, 1.82) is 0 Å². The molecule has 5 aliphatic heterocycles. The van der Waals surface area contributed by atoms with Crippen molar-refractivity contribution >= 4 is 0 Å². The molecule has 9 rings (SSSR count). The van der Waals surface area contributed by atoms with Gasteiger partial charge in [0.2, 0.25) is 0 Å². The van der Waals surface area contributed by atoms with E-state index in [1.807, 2.05) is 6.92 Å². The lowest BCUT2D eigenvalue weighted by molar-refractivity contribution is -0.396. The van der Waals surface area contributed by atoms with Crippen LogP contribution >= 0.6 is 0 Å². The fraction of sp³-hybridized carbons (Fsp3) is 1.00. The maximum atomic E-state index is 12.1. The Labute approximate surface area is 436 Å². The molecule has 9 aliphatic rings. The van der Waals surface area contributed by atoms with Gasteiger partial charge in [-0.25, -0.2) is 0 Å². The highest BCUT2D eigenvalue weighted by Crippen LogP contribution is 2.71. The Morgan fingerprint density at radius 2 is 1.04 bits per heavy atom. The lowest BCUT2D eigenvalue weighted by Gasteiger charge is -2.61. The van der Waals surface area contributed by atoms with E-state index in [0.29, 0.717) is 43.4 Å². The van der Waals surface area contributed by atoms with E-state index in [1.54, 1.807) is 0 Å². The van der Waals surface area contributed by atoms with Crippen molar-refractivity contribution in [3.8, 4) is 0 Å². The summed E-state index contributed by atoms with van der Waals surface area (Å²) in [5, 5.41) is 159. The highest BCUT2D eigenvalue weighted by atomic mass is 16.8. The Balaban J connectivity index is 0.852. The third kappa shape index (κ3) is 10.7. The molecule has 15 N–H and O–H groups in total. The van der Waals surface area contributed by atoms with Crippen molar-refractivity contribution in [2.75, 3.05) is 33.0 Å². The van der Waals surface area contributed by atoms with Crippen LogP contribution in [-0.2, 0) is 42.6 Å². The van der Waals surface area contributed by atoms with Crippen molar-refractivity contribution in [2.45, 2.75) is 233 Å². The van der Waals surface area contributed by atoms with Gasteiger partial charge in [-0.1, -0.05) is 27.7 Å². The second kappa shape index (κ2) is 23.1. The summed E-state index contributed by atoms with van der Waals surface area (Å²) < 4.78 is 54.6. The summed E-state index contributed by atoms with van der Waals surface area (Å²) in [4.78, 5) is 0. The first kappa shape index (κ1) is 58.7. The maximum Gasteiger partial charge on any atom is 0.187 e. The van der Waals surface area contributed by atoms with Crippen LogP contribution in [0.15, 0.2) is 0 Å². The van der Waals surface area contributed by atoms with E-state index >= 15 is 0 Å². The first-order valence-electron chi connectivity index (χ1n) is 27.4. The van der Waals surface area contributed by atoms with Crippen molar-refractivity contribution < 1.29 is 119 Å². The smallest absolute Gasteiger partial charge is 0.187 e. The molecular weight excluding hydrogens is 997 g/mol. The Kier molecular flexibility index (Phi) is 18.1. The normalized spacial score (nSPS) is 55.4. The molecule has 4 aliphatic carbocycles. The van der Waals surface area contributed by atoms with E-state index in [9.17, 15) is 76.6 Å². The number of hydrogen-bond acceptors (Lipinski definition) is 24. The van der Waals surface area contributed by atoms with Gasteiger partial charge in [0.05, 0.1) is 45.2 Å². The fourth-order valence-corrected chi connectivity index (χ4v) is 15.6. The molecule has 0 bridgehead atoms. The monoisotopic (exact) mass is 1080 g/mol. The van der Waals surface area contributed by atoms with E-state index in [1.165, 1.54) is 0 Å². The molecule has 0 aromatic rings. The molecule has 4 saturated carbocycles. The number of fused-ring (bicyclic) bond motifs is 7. The average molecular weight is 1080 g/mol. The lowest BCUT2D eigenvalue weighted by atomic mass is 9.44. The SMILES string of the molecule is C[C@H](CC[C@]1(O)O[C@H]2C[C@H]3[C@@H]4CC[C@@H]5C[C@@H](O[C@@H]6O[C@H](CO)[C@H](O)[C@H](O[C@@H]7O[C@H](CO)[C@@H](O)[C@H](O)[C@H]7O)[C@H]6O[C@@H]6O[C@H](CO)[C@@H](O)[C@H](O)[C@H]6O)CC[C@]5(C)[C@H]4CC[C@]3(C)[C@H]2[C@@H]1C)CO[C@@H]1O[C@H](CO)[C@@H](O)[C@H](O)[C@H]1O. The Morgan fingerprint density at radius 1 is 0.533 bits per heavy atom. The zero-order chi connectivity index (χ0) is 54.2. The van der Waals surface area contributed by atoms with Gasteiger partial charge in [0.15, 0.2) is 30.9 Å². The predicted octanol–water partition coefficient (Wildman–Crippen LogP) is -3.95. The number of aliphatic hydroxyl groups is 15. The molecule has 434 valence electrons. The highest BCUT2D eigenvalue weighted by molar-refractivity contribution is 5.15. The van der Waals surface area contributed by atoms with Crippen molar-refractivity contribution in [3.63, 3.8) is 0 Å². The number of hydrogen-bond donors (Lipinski definition) is 15. The Hall–Kier alpha value is -0.960. The van der Waals surface area contributed by atoms with Crippen molar-refractivity contribution in [2.24, 2.45) is 52.3 Å². The largest absolute Gasteiger partial charge is 0.394 e. The minimum atomic E-state index is -1.91. The molecule has 32 atom stereocenters. The zero-order valence-corrected chi connectivity index (χ0v) is 43.2. The van der Waals surface area contributed by atoms with Gasteiger partial charge in [-0.2, -0.15) is 0 Å². The number of aliphatic hydroxyl groups excluding tert-OH is 14. The van der Waals surface area contributed by atoms with Gasteiger partial charge in [-0.05, 0) is 104 Å². The summed E-state index contributed by atoms with van der Waals surface area (Å²) in [6.45, 7) is 6.12. The number of ether oxygens (including phenoxy) is 9. The fourth-order valence-electron chi connectivity index (χ4n) is 15.6. The van der Waals surface area contributed by atoms with Crippen molar-refractivity contribution in [1.82, 2.24) is 0 Å². The standard InChI is InChI=1S/C51H86O24/c1-20(19-67-45-40(63)37(60)33(56)28(15-52)69-45)7-12-51(66)21(2)32-27(75-51)14-26-24-6-5-22-13-23(8-10-49(22,3)25(24)9-11-50(26,32)4)68-48-44(74-47-42(65)39(62)35(58)30(17-54)71-47)43(36(59)31(18-55)72-48)73-46-41(64)38(61)34(57)29(16-53)70-46/h20-48,52-66H,5-19H2,1-4H3/t20-,21+,22-,23+,24-,25+,26+,27+,28-,29-,30-,31-,32+,33-,34-,35-,36+,37+,38+,39+,40-,41-,42-,43+,44-,45-,46+,47+,48-,49+,50+,51+/m1/s1. The Morgan fingerprint density at radius 3 is 1.61 bits per heavy atom. The summed E-state index contributed by atoms with van der Waals surface area (Å²) >= 11 is 0. The van der Waals surface area contributed by atoms with Crippen LogP contribution < -0.4 is 0 Å². The molecule has 24 heteroatoms. The van der Waals surface area contributed by atoms with Crippen LogP contribution in [-0.4, -0.2) is 250 Å². The Bertz CT molecular complexity index is 1870. The van der Waals surface area contributed by atoms with E-state index in [2.05, 4.69) is 20.8 Å². The molecule has 0 radical (unpaired) electrons. The summed E-state index contributed by atoms with van der Waals surface area (Å²) in [5.41, 5.74) is -0.117. The summed E-state index contributed by atoms with van der Waals surface area (Å²) in [7, 11) is 0. The average Bonchev–Trinajstić information content (AvgIpc) is 3.85. The van der Waals surface area contributed by atoms with Crippen LogP contribution in [0.2, 0.25) is 0 Å². The minimum Gasteiger partial charge on any atom is -0.394 e. The highest BCUT2D eigenvalue weighted by Gasteiger charge is 2.68. The van der Waals surface area contributed by atoms with E-state index < -0.39 is 161 Å². The van der Waals surface area contributed by atoms with Gasteiger partial charge < -0.3 is 119 Å². The van der Waals surface area contributed by atoms with Crippen LogP contribution in [0.3, 0.4) is 0 Å². The molecule has 0 spiro atoms. The van der Waals surface area contributed by atoms with E-state index in [0.717, 1.165) is 38.5 Å². The summed E-state index contributed by atoms with van der Waals surface area (Å²) in [6, 6.07) is 0. The van der Waals surface area contributed by atoms with Gasteiger partial charge in [-0.15, -0.1) is 0 Å². The minimum absolute atomic E-state index is 0.0545. The molecule has 0 aromatic heterocycles. The second-order valence-corrected chi connectivity index (χ2v) is 24.3. The molecule has 75 heavy (non-hydrogen) atoms. The third-order valence-corrected chi connectivity index (χ3v) is 20.1. The van der Waals surface area contributed by atoms with Crippen LogP contribution in [0.5, 0.6) is 0 Å². The molecule has 5 heterocycles. The summed E-state index contributed by atoms with van der Waals surface area (Å²) in [6.07, 6.45) is -24.9. The molecule has 0 aromatic carbocycles. The quantitative estimate of drug-likeness (QED) is 0.0656. The van der Waals surface area contributed by atoms with Crippen LogP contribution in [0.4, 0.5) is 0 Å². The van der Waals surface area contributed by atoms with Gasteiger partial charge >= 0.3 is 0 Å². The molecule has 24 nitrogen and oxygen atoms in total. The summed E-state index contributed by atoms with van der Waals surface area (Å²) in [5.74, 6) is 0.0204. The van der Waals surface area contributed by atoms with Gasteiger partial charge in [0.1, 0.15) is 97.7 Å². The molecule has 9 fully saturated rings. The molecule has 0 amide bonds. The third-order valence-electron chi connectivity index (χ3n) is 20.1. The first-order chi connectivity index (χ1) is 35.5. The predicted molar refractivity (Wildman–Crippen MR) is 252 cm³/mol. The van der Waals surface area contributed by atoms with Crippen molar-refractivity contribution in [3.05, 3.63) is 0 Å². The van der Waals surface area contributed by atoms with Gasteiger partial charge in [0.25, 0.3) is 0 Å². The molecule has 0 unspecified atom stereocenters. The number of rotatable bonds is 16. The topological polar surface area (TPSA) is 387 Å². The molecular formula is C51H86O24. The van der Waals surface area contributed by atoms with E-state index in [-0.39, 0.29) is 47.2 Å². The maximum absolute atomic E-state index is 12.1.